The molecular weight excluding hydrogens is 703 g/mol. The molecule has 0 saturated heterocycles. The van der Waals surface area contributed by atoms with Crippen LogP contribution in [0.25, 0.3) is 0 Å². The summed E-state index contributed by atoms with van der Waals surface area (Å²) >= 11 is 12.9. The van der Waals surface area contributed by atoms with Crippen molar-refractivity contribution < 1.29 is 19.2 Å². The number of hydrogen-bond donors (Lipinski definition) is 6. The fourth-order valence-electron chi connectivity index (χ4n) is 4.51. The van der Waals surface area contributed by atoms with Crippen LogP contribution < -0.4 is 31.9 Å². The maximum Gasteiger partial charge on any atom is 0.275 e. The normalized spacial score (nSPS) is 10.5. The molecule has 4 aromatic rings. The minimum absolute atomic E-state index is 0. The highest BCUT2D eigenvalue weighted by atomic mass is 35.5. The molecule has 0 fully saturated rings. The van der Waals surface area contributed by atoms with Gasteiger partial charge in [0.2, 0.25) is 0 Å². The zero-order valence-electron chi connectivity index (χ0n) is 26.0. The Balaban J connectivity index is 0.00000625. The molecule has 0 saturated carbocycles. The molecule has 1 aromatic carbocycles. The fourth-order valence-corrected chi connectivity index (χ4v) is 5.60. The zero-order chi connectivity index (χ0) is 34.1. The first-order valence-corrected chi connectivity index (χ1v) is 16.2. The molecule has 0 atom stereocenters. The second-order valence-electron chi connectivity index (χ2n) is 10.3. The predicted molar refractivity (Wildman–Crippen MR) is 193 cm³/mol. The van der Waals surface area contributed by atoms with E-state index in [2.05, 4.69) is 26.3 Å². The summed E-state index contributed by atoms with van der Waals surface area (Å²) in [5.41, 5.74) is 8.05. The van der Waals surface area contributed by atoms with Crippen LogP contribution in [0.3, 0.4) is 0 Å². The van der Waals surface area contributed by atoms with Crippen molar-refractivity contribution >= 4 is 98.6 Å². The van der Waals surface area contributed by atoms with Crippen molar-refractivity contribution in [3.05, 3.63) is 76.8 Å². The van der Waals surface area contributed by atoms with Gasteiger partial charge in [0.05, 0.1) is 17.2 Å². The van der Waals surface area contributed by atoms with E-state index in [1.54, 1.807) is 47.8 Å². The second-order valence-corrected chi connectivity index (χ2v) is 11.9. The number of alkyl halides is 2. The topological polar surface area (TPSA) is 192 Å². The summed E-state index contributed by atoms with van der Waals surface area (Å²) in [6.07, 6.45) is 3.40. The van der Waals surface area contributed by atoms with Crippen molar-refractivity contribution in [3.8, 4) is 0 Å². The molecule has 0 spiro atoms. The minimum Gasteiger partial charge on any atom is -0.388 e. The lowest BCUT2D eigenvalue weighted by Gasteiger charge is -2.22. The molecule has 48 heavy (non-hydrogen) atoms. The lowest BCUT2D eigenvalue weighted by atomic mass is 10.2. The highest BCUT2D eigenvalue weighted by molar-refractivity contribution is 7.14. The number of carbonyl (C=O) groups is 4. The van der Waals surface area contributed by atoms with Gasteiger partial charge in [-0.3, -0.25) is 29.9 Å². The lowest BCUT2D eigenvalue weighted by Crippen LogP contribution is -2.28. The van der Waals surface area contributed by atoms with Gasteiger partial charge in [0.1, 0.15) is 17.1 Å². The molecule has 0 unspecified atom stereocenters. The third-order valence-electron chi connectivity index (χ3n) is 6.83. The number of hydrogen-bond acceptors (Lipinski definition) is 8. The summed E-state index contributed by atoms with van der Waals surface area (Å²) in [6.45, 7) is 1.47. The average Bonchev–Trinajstić information content (AvgIpc) is 3.75. The van der Waals surface area contributed by atoms with Crippen molar-refractivity contribution in [2.45, 2.75) is 6.42 Å². The number of thiazole rings is 1. The van der Waals surface area contributed by atoms with Crippen LogP contribution in [0.1, 0.15) is 48.2 Å². The Labute approximate surface area is 296 Å². The van der Waals surface area contributed by atoms with Gasteiger partial charge in [-0.1, -0.05) is 0 Å². The molecule has 256 valence electrons. The van der Waals surface area contributed by atoms with E-state index in [0.29, 0.717) is 47.5 Å². The van der Waals surface area contributed by atoms with E-state index >= 15 is 0 Å². The van der Waals surface area contributed by atoms with E-state index < -0.39 is 11.8 Å². The van der Waals surface area contributed by atoms with Crippen molar-refractivity contribution in [1.29, 1.82) is 5.41 Å². The first kappa shape index (κ1) is 37.9. The van der Waals surface area contributed by atoms with Gasteiger partial charge in [0.15, 0.2) is 5.13 Å². The van der Waals surface area contributed by atoms with E-state index in [0.717, 1.165) is 17.0 Å². The number of halogens is 3. The summed E-state index contributed by atoms with van der Waals surface area (Å²) in [5.74, 6) is -0.865. The molecule has 4 amide bonds. The second kappa shape index (κ2) is 17.5. The first-order chi connectivity index (χ1) is 22.5. The number of nitrogens with two attached hydrogens (primary N) is 1. The maximum atomic E-state index is 13.0. The molecule has 14 nitrogen and oxygen atoms in total. The van der Waals surface area contributed by atoms with E-state index in [4.69, 9.17) is 34.3 Å². The molecule has 4 rings (SSSR count). The summed E-state index contributed by atoms with van der Waals surface area (Å²) in [4.78, 5) is 57.4. The predicted octanol–water partition coefficient (Wildman–Crippen LogP) is 4.34. The Hall–Kier alpha value is -4.57. The fraction of sp³-hybridized carbons (Fsp3) is 0.267. The van der Waals surface area contributed by atoms with Gasteiger partial charge in [-0.05, 0) is 36.4 Å². The van der Waals surface area contributed by atoms with Crippen LogP contribution in [0.5, 0.6) is 0 Å². The molecule has 3 heterocycles. The molecule has 18 heteroatoms. The van der Waals surface area contributed by atoms with E-state index in [1.807, 2.05) is 17.0 Å². The largest absolute Gasteiger partial charge is 0.388 e. The zero-order valence-corrected chi connectivity index (χ0v) is 29.2. The standard InChI is InChI=1S/C30H34Cl2N10O4S.ClH/c1-40-16-20(13-23(40)28(45)35-10-7-25(33)34)37-29(46)24-14-19(15-41(24)2)36-27(44)22-17-47-30(38-22)39-26(43)18-3-5-21(6-4-18)42(11-8-31)12-9-32;/h3-6,13-17H,7-12H2,1-2H3,(H3,33,34)(H,35,45)(H,36,44)(H,37,46)(H,38,39,43);1H. The summed E-state index contributed by atoms with van der Waals surface area (Å²) < 4.78 is 3.11. The van der Waals surface area contributed by atoms with Crippen LogP contribution >= 0.6 is 46.9 Å². The average molecular weight is 738 g/mol. The highest BCUT2D eigenvalue weighted by Crippen LogP contribution is 2.22. The van der Waals surface area contributed by atoms with E-state index in [1.165, 1.54) is 17.5 Å². The van der Waals surface area contributed by atoms with Crippen LogP contribution in [-0.4, -0.2) is 75.0 Å². The van der Waals surface area contributed by atoms with Gasteiger partial charge >= 0.3 is 0 Å². The molecule has 0 bridgehead atoms. The Morgan fingerprint density at radius 2 is 1.44 bits per heavy atom. The van der Waals surface area contributed by atoms with Crippen LogP contribution in [-0.2, 0) is 14.1 Å². The molecule has 7 N–H and O–H groups in total. The maximum absolute atomic E-state index is 13.0. The highest BCUT2D eigenvalue weighted by Gasteiger charge is 2.19. The summed E-state index contributed by atoms with van der Waals surface area (Å²) in [5, 5.41) is 19.9. The van der Waals surface area contributed by atoms with Crippen molar-refractivity contribution in [1.82, 2.24) is 19.4 Å². The third kappa shape index (κ3) is 9.97. The number of nitrogens with one attached hydrogen (secondary N) is 5. The van der Waals surface area contributed by atoms with Crippen molar-refractivity contribution in [2.75, 3.05) is 52.2 Å². The third-order valence-corrected chi connectivity index (χ3v) is 7.93. The van der Waals surface area contributed by atoms with Gasteiger partial charge < -0.3 is 35.7 Å². The van der Waals surface area contributed by atoms with Crippen molar-refractivity contribution in [3.63, 3.8) is 0 Å². The molecule has 0 aliphatic carbocycles. The Bertz CT molecular complexity index is 1760. The van der Waals surface area contributed by atoms with Gasteiger partial charge in [-0.2, -0.15) is 0 Å². The number of rotatable bonds is 15. The Morgan fingerprint density at radius 3 is 2.00 bits per heavy atom. The van der Waals surface area contributed by atoms with Crippen LogP contribution in [0.2, 0.25) is 0 Å². The molecular formula is C30H35Cl3N10O4S. The number of anilines is 4. The number of benzene rings is 1. The van der Waals surface area contributed by atoms with E-state index in [9.17, 15) is 19.2 Å². The SMILES string of the molecule is Cl.Cn1cc(NC(=O)c2cc(NC(=O)c3csc(NC(=O)c4ccc(N(CCCl)CCCl)cc4)n3)cn2C)cc1C(=O)NCCC(=N)N. The molecule has 3 aromatic heterocycles. The number of amides is 4. The van der Waals surface area contributed by atoms with Crippen LogP contribution in [0, 0.1) is 5.41 Å². The number of amidine groups is 1. The van der Waals surface area contributed by atoms with Crippen LogP contribution in [0.15, 0.2) is 54.2 Å². The van der Waals surface area contributed by atoms with Gasteiger partial charge in [0, 0.05) is 80.9 Å². The molecule has 0 radical (unpaired) electrons. The first-order valence-electron chi connectivity index (χ1n) is 14.3. The number of carbonyl (C=O) groups excluding carboxylic acids is 4. The van der Waals surface area contributed by atoms with Gasteiger partial charge in [0.25, 0.3) is 23.6 Å². The smallest absolute Gasteiger partial charge is 0.275 e. The summed E-state index contributed by atoms with van der Waals surface area (Å²) in [7, 11) is 3.32. The van der Waals surface area contributed by atoms with Gasteiger partial charge in [-0.25, -0.2) is 4.98 Å². The van der Waals surface area contributed by atoms with Crippen molar-refractivity contribution in [2.24, 2.45) is 19.8 Å². The number of aryl methyl sites for hydroxylation is 2. The Morgan fingerprint density at radius 1 is 0.875 bits per heavy atom. The van der Waals surface area contributed by atoms with Crippen LogP contribution in [0.4, 0.5) is 22.2 Å². The number of nitrogens with zero attached hydrogens (tertiary/aromatic N) is 4. The quantitative estimate of drug-likeness (QED) is 0.0594. The number of aromatic nitrogens is 3. The lowest BCUT2D eigenvalue weighted by molar-refractivity contribution is 0.0944. The van der Waals surface area contributed by atoms with E-state index in [-0.39, 0.29) is 59.5 Å². The Kier molecular flexibility index (Phi) is 13.8. The minimum atomic E-state index is -0.522. The molecule has 0 aliphatic rings. The van der Waals surface area contributed by atoms with Gasteiger partial charge in [-0.15, -0.1) is 46.9 Å². The summed E-state index contributed by atoms with van der Waals surface area (Å²) in [6, 6.07) is 10.1. The molecule has 0 aliphatic heterocycles. The monoisotopic (exact) mass is 736 g/mol.